The van der Waals surface area contributed by atoms with Crippen molar-refractivity contribution in [3.8, 4) is 12.3 Å². The first-order chi connectivity index (χ1) is 5.77. The van der Waals surface area contributed by atoms with Crippen LogP contribution in [-0.4, -0.2) is 22.9 Å². The van der Waals surface area contributed by atoms with Gasteiger partial charge in [0.15, 0.2) is 0 Å². The zero-order valence-electron chi connectivity index (χ0n) is 7.24. The molecule has 0 spiro atoms. The van der Waals surface area contributed by atoms with Crippen molar-refractivity contribution in [3.63, 3.8) is 0 Å². The van der Waals surface area contributed by atoms with Gasteiger partial charge in [-0.25, -0.2) is 0 Å². The second-order valence-corrected chi connectivity index (χ2v) is 3.53. The van der Waals surface area contributed by atoms with Gasteiger partial charge in [-0.3, -0.25) is 0 Å². The van der Waals surface area contributed by atoms with Crippen LogP contribution in [0.15, 0.2) is 0 Å². The van der Waals surface area contributed by atoms with E-state index in [9.17, 15) is 5.11 Å². The number of hydrogen-bond donors (Lipinski definition) is 2. The zero-order chi connectivity index (χ0) is 8.97. The van der Waals surface area contributed by atoms with E-state index in [1.165, 1.54) is 0 Å². The van der Waals surface area contributed by atoms with Crippen molar-refractivity contribution in [1.82, 2.24) is 0 Å². The molecule has 0 bridgehead atoms. The first-order valence-corrected chi connectivity index (χ1v) is 4.53. The first-order valence-electron chi connectivity index (χ1n) is 4.53. The minimum atomic E-state index is -0.538. The number of rotatable bonds is 2. The Morgan fingerprint density at radius 2 is 1.92 bits per heavy atom. The number of aliphatic hydroxyl groups excluding tert-OH is 2. The molecule has 0 radical (unpaired) electrons. The molecule has 68 valence electrons. The summed E-state index contributed by atoms with van der Waals surface area (Å²) in [5, 5.41) is 18.1. The molecule has 0 heterocycles. The summed E-state index contributed by atoms with van der Waals surface area (Å²) in [5.41, 5.74) is 0. The Hall–Kier alpha value is -0.520. The van der Waals surface area contributed by atoms with E-state index in [2.05, 4.69) is 5.92 Å². The van der Waals surface area contributed by atoms with Crippen molar-refractivity contribution in [2.75, 3.05) is 6.61 Å². The fraction of sp³-hybridized carbons (Fsp3) is 0.800. The summed E-state index contributed by atoms with van der Waals surface area (Å²) < 4.78 is 0. The van der Waals surface area contributed by atoms with E-state index in [0.717, 1.165) is 25.7 Å². The van der Waals surface area contributed by atoms with Crippen LogP contribution in [0.2, 0.25) is 0 Å². The Labute approximate surface area is 73.6 Å². The van der Waals surface area contributed by atoms with E-state index in [-0.39, 0.29) is 12.5 Å². The van der Waals surface area contributed by atoms with Crippen LogP contribution >= 0.6 is 0 Å². The summed E-state index contributed by atoms with van der Waals surface area (Å²) in [6, 6.07) is 0. The molecule has 0 aromatic rings. The van der Waals surface area contributed by atoms with Gasteiger partial charge in [-0.1, -0.05) is 0 Å². The molecule has 2 heteroatoms. The minimum absolute atomic E-state index is 0.120. The van der Waals surface area contributed by atoms with Crippen molar-refractivity contribution in [1.29, 1.82) is 0 Å². The maximum absolute atomic E-state index is 9.34. The molecule has 1 aliphatic rings. The third kappa shape index (κ3) is 2.23. The molecule has 0 aliphatic heterocycles. The predicted octanol–water partition coefficient (Wildman–Crippen LogP) is 0.779. The standard InChI is InChI=1S/C10H16O2/c1-2-8-3-5-9(6-4-8)10(12)7-11/h1,8-12H,3-7H2. The fourth-order valence-electron chi connectivity index (χ4n) is 1.82. The third-order valence-corrected chi connectivity index (χ3v) is 2.74. The molecule has 1 rings (SSSR count). The predicted molar refractivity (Wildman–Crippen MR) is 47.4 cm³/mol. The summed E-state index contributed by atoms with van der Waals surface area (Å²) in [6.45, 7) is -0.120. The molecule has 1 aliphatic carbocycles. The fourth-order valence-corrected chi connectivity index (χ4v) is 1.82. The van der Waals surface area contributed by atoms with Gasteiger partial charge in [0.05, 0.1) is 12.7 Å². The van der Waals surface area contributed by atoms with E-state index in [4.69, 9.17) is 11.5 Å². The van der Waals surface area contributed by atoms with Gasteiger partial charge in [0.25, 0.3) is 0 Å². The van der Waals surface area contributed by atoms with Crippen LogP contribution in [0.1, 0.15) is 25.7 Å². The smallest absolute Gasteiger partial charge is 0.0799 e. The summed E-state index contributed by atoms with van der Waals surface area (Å²) in [7, 11) is 0. The molecule has 1 saturated carbocycles. The molecule has 1 atom stereocenters. The maximum atomic E-state index is 9.34. The summed E-state index contributed by atoms with van der Waals surface area (Å²) in [4.78, 5) is 0. The molecule has 12 heavy (non-hydrogen) atoms. The summed E-state index contributed by atoms with van der Waals surface area (Å²) in [6.07, 6.45) is 8.66. The summed E-state index contributed by atoms with van der Waals surface area (Å²) in [5.74, 6) is 3.40. The second-order valence-electron chi connectivity index (χ2n) is 3.53. The van der Waals surface area contributed by atoms with Gasteiger partial charge in [-0.15, -0.1) is 12.3 Å². The van der Waals surface area contributed by atoms with E-state index < -0.39 is 6.10 Å². The minimum Gasteiger partial charge on any atom is -0.394 e. The summed E-state index contributed by atoms with van der Waals surface area (Å²) >= 11 is 0. The van der Waals surface area contributed by atoms with Crippen LogP contribution < -0.4 is 0 Å². The monoisotopic (exact) mass is 168 g/mol. The van der Waals surface area contributed by atoms with Gasteiger partial charge in [-0.2, -0.15) is 0 Å². The molecule has 2 N–H and O–H groups in total. The average Bonchev–Trinajstić information content (AvgIpc) is 2.17. The maximum Gasteiger partial charge on any atom is 0.0799 e. The van der Waals surface area contributed by atoms with Gasteiger partial charge in [0, 0.05) is 5.92 Å². The van der Waals surface area contributed by atoms with E-state index in [0.29, 0.717) is 5.92 Å². The molecular weight excluding hydrogens is 152 g/mol. The highest BCUT2D eigenvalue weighted by Gasteiger charge is 2.24. The van der Waals surface area contributed by atoms with E-state index >= 15 is 0 Å². The van der Waals surface area contributed by atoms with Gasteiger partial charge < -0.3 is 10.2 Å². The SMILES string of the molecule is C#CC1CCC(C(O)CO)CC1. The lowest BCUT2D eigenvalue weighted by atomic mass is 9.80. The van der Waals surface area contributed by atoms with E-state index in [1.54, 1.807) is 0 Å². The largest absolute Gasteiger partial charge is 0.394 e. The van der Waals surface area contributed by atoms with Crippen molar-refractivity contribution in [2.24, 2.45) is 11.8 Å². The number of hydrogen-bond acceptors (Lipinski definition) is 2. The second kappa shape index (κ2) is 4.49. The van der Waals surface area contributed by atoms with Crippen molar-refractivity contribution in [3.05, 3.63) is 0 Å². The highest BCUT2D eigenvalue weighted by Crippen LogP contribution is 2.30. The normalized spacial score (nSPS) is 32.4. The van der Waals surface area contributed by atoms with Crippen molar-refractivity contribution >= 4 is 0 Å². The topological polar surface area (TPSA) is 40.5 Å². The molecule has 2 nitrogen and oxygen atoms in total. The average molecular weight is 168 g/mol. The molecule has 0 amide bonds. The lowest BCUT2D eigenvalue weighted by molar-refractivity contribution is 0.0291. The third-order valence-electron chi connectivity index (χ3n) is 2.74. The van der Waals surface area contributed by atoms with E-state index in [1.807, 2.05) is 0 Å². The Morgan fingerprint density at radius 1 is 1.33 bits per heavy atom. The Morgan fingerprint density at radius 3 is 2.33 bits per heavy atom. The van der Waals surface area contributed by atoms with Crippen LogP contribution in [-0.2, 0) is 0 Å². The highest BCUT2D eigenvalue weighted by molar-refractivity contribution is 4.95. The van der Waals surface area contributed by atoms with Gasteiger partial charge >= 0.3 is 0 Å². The van der Waals surface area contributed by atoms with Crippen molar-refractivity contribution in [2.45, 2.75) is 31.8 Å². The quantitative estimate of drug-likeness (QED) is 0.598. The Kier molecular flexibility index (Phi) is 3.58. The lowest BCUT2D eigenvalue weighted by Crippen LogP contribution is -2.28. The highest BCUT2D eigenvalue weighted by atomic mass is 16.3. The van der Waals surface area contributed by atoms with Crippen LogP contribution in [0, 0.1) is 24.2 Å². The Balaban J connectivity index is 2.31. The molecule has 0 aromatic carbocycles. The first kappa shape index (κ1) is 9.57. The van der Waals surface area contributed by atoms with Gasteiger partial charge in [0.2, 0.25) is 0 Å². The molecule has 1 fully saturated rings. The molecule has 1 unspecified atom stereocenters. The van der Waals surface area contributed by atoms with Crippen LogP contribution in [0.5, 0.6) is 0 Å². The molecular formula is C10H16O2. The number of aliphatic hydroxyl groups is 2. The number of terminal acetylenes is 1. The van der Waals surface area contributed by atoms with Crippen LogP contribution in [0.25, 0.3) is 0 Å². The van der Waals surface area contributed by atoms with Gasteiger partial charge in [0.1, 0.15) is 0 Å². The van der Waals surface area contributed by atoms with Crippen LogP contribution in [0.3, 0.4) is 0 Å². The lowest BCUT2D eigenvalue weighted by Gasteiger charge is -2.28. The Bertz CT molecular complexity index is 163. The van der Waals surface area contributed by atoms with Crippen LogP contribution in [0.4, 0.5) is 0 Å². The van der Waals surface area contributed by atoms with Crippen molar-refractivity contribution < 1.29 is 10.2 Å². The van der Waals surface area contributed by atoms with Gasteiger partial charge in [-0.05, 0) is 31.6 Å². The zero-order valence-corrected chi connectivity index (χ0v) is 7.24. The molecule has 0 saturated heterocycles. The molecule has 0 aromatic heterocycles.